The third-order valence-corrected chi connectivity index (χ3v) is 4.24. The Morgan fingerprint density at radius 3 is 2.81 bits per heavy atom. The molecule has 3 rings (SSSR count). The van der Waals surface area contributed by atoms with E-state index in [0.717, 1.165) is 25.3 Å². The first-order valence-electron chi connectivity index (χ1n) is 7.00. The molecule has 1 aromatic carbocycles. The third-order valence-electron chi connectivity index (χ3n) is 4.24. The molecule has 6 heteroatoms. The number of alkyl halides is 3. The van der Waals surface area contributed by atoms with Gasteiger partial charge in [-0.25, -0.2) is 0 Å². The Morgan fingerprint density at radius 2 is 2.10 bits per heavy atom. The summed E-state index contributed by atoms with van der Waals surface area (Å²) in [4.78, 5) is 2.00. The van der Waals surface area contributed by atoms with Crippen molar-refractivity contribution in [1.82, 2.24) is 0 Å². The fourth-order valence-corrected chi connectivity index (χ4v) is 3.29. The largest absolute Gasteiger partial charge is 0.417 e. The quantitative estimate of drug-likeness (QED) is 0.797. The SMILES string of the molecule is N#Cc1ccc(N2CCOC3CCCC32)cc1C(F)(F)F. The zero-order chi connectivity index (χ0) is 15.0. The maximum Gasteiger partial charge on any atom is 0.417 e. The van der Waals surface area contributed by atoms with Crippen LogP contribution < -0.4 is 4.90 Å². The van der Waals surface area contributed by atoms with Crippen LogP contribution in [0.25, 0.3) is 0 Å². The average molecular weight is 296 g/mol. The van der Waals surface area contributed by atoms with Crippen molar-refractivity contribution in [3.8, 4) is 6.07 Å². The van der Waals surface area contributed by atoms with Crippen molar-refractivity contribution in [2.75, 3.05) is 18.1 Å². The van der Waals surface area contributed by atoms with Crippen LogP contribution in [-0.2, 0) is 10.9 Å². The molecule has 1 heterocycles. The molecule has 112 valence electrons. The first-order valence-corrected chi connectivity index (χ1v) is 7.00. The predicted octanol–water partition coefficient (Wildman–Crippen LogP) is 3.33. The summed E-state index contributed by atoms with van der Waals surface area (Å²) in [6, 6.07) is 5.73. The highest BCUT2D eigenvalue weighted by molar-refractivity contribution is 5.56. The lowest BCUT2D eigenvalue weighted by atomic mass is 10.0. The Morgan fingerprint density at radius 1 is 1.29 bits per heavy atom. The third kappa shape index (κ3) is 2.58. The Balaban J connectivity index is 1.97. The molecule has 21 heavy (non-hydrogen) atoms. The van der Waals surface area contributed by atoms with E-state index in [2.05, 4.69) is 0 Å². The number of ether oxygens (including phenoxy) is 1. The van der Waals surface area contributed by atoms with Crippen molar-refractivity contribution in [3.63, 3.8) is 0 Å². The van der Waals surface area contributed by atoms with Gasteiger partial charge in [-0.15, -0.1) is 0 Å². The van der Waals surface area contributed by atoms with Gasteiger partial charge in [0.05, 0.1) is 35.9 Å². The van der Waals surface area contributed by atoms with Crippen molar-refractivity contribution >= 4 is 5.69 Å². The van der Waals surface area contributed by atoms with Gasteiger partial charge in [-0.1, -0.05) is 0 Å². The normalized spacial score (nSPS) is 25.5. The molecule has 1 aromatic rings. The molecule has 0 bridgehead atoms. The van der Waals surface area contributed by atoms with E-state index in [1.807, 2.05) is 4.90 Å². The second kappa shape index (κ2) is 5.23. The molecule has 1 aliphatic carbocycles. The number of nitriles is 1. The lowest BCUT2D eigenvalue weighted by molar-refractivity contribution is -0.137. The van der Waals surface area contributed by atoms with Crippen LogP contribution in [0.5, 0.6) is 0 Å². The predicted molar refractivity (Wildman–Crippen MR) is 70.9 cm³/mol. The molecule has 2 atom stereocenters. The van der Waals surface area contributed by atoms with Gasteiger partial charge in [0.15, 0.2) is 0 Å². The minimum Gasteiger partial charge on any atom is -0.374 e. The van der Waals surface area contributed by atoms with Crippen molar-refractivity contribution < 1.29 is 17.9 Å². The number of anilines is 1. The minimum absolute atomic E-state index is 0.115. The lowest BCUT2D eigenvalue weighted by Gasteiger charge is -2.39. The summed E-state index contributed by atoms with van der Waals surface area (Å²) in [5.74, 6) is 0. The minimum atomic E-state index is -4.51. The van der Waals surface area contributed by atoms with Crippen LogP contribution in [0.3, 0.4) is 0 Å². The number of benzene rings is 1. The second-order valence-corrected chi connectivity index (χ2v) is 5.44. The first kappa shape index (κ1) is 14.2. The molecule has 0 spiro atoms. The zero-order valence-corrected chi connectivity index (χ0v) is 11.4. The van der Waals surface area contributed by atoms with Crippen LogP contribution >= 0.6 is 0 Å². The molecule has 1 saturated carbocycles. The smallest absolute Gasteiger partial charge is 0.374 e. The molecule has 0 amide bonds. The van der Waals surface area contributed by atoms with Crippen LogP contribution in [0.15, 0.2) is 18.2 Å². The van der Waals surface area contributed by atoms with Crippen LogP contribution in [0.2, 0.25) is 0 Å². The monoisotopic (exact) mass is 296 g/mol. The molecule has 1 aliphatic heterocycles. The fourth-order valence-electron chi connectivity index (χ4n) is 3.29. The summed E-state index contributed by atoms with van der Waals surface area (Å²) in [6.45, 7) is 1.12. The highest BCUT2D eigenvalue weighted by Gasteiger charge is 2.38. The topological polar surface area (TPSA) is 36.3 Å². The van der Waals surface area contributed by atoms with Gasteiger partial charge in [-0.05, 0) is 37.5 Å². The van der Waals surface area contributed by atoms with E-state index in [-0.39, 0.29) is 17.7 Å². The maximum atomic E-state index is 13.1. The number of hydrogen-bond acceptors (Lipinski definition) is 3. The van der Waals surface area contributed by atoms with E-state index < -0.39 is 11.7 Å². The van der Waals surface area contributed by atoms with Gasteiger partial charge in [0.2, 0.25) is 0 Å². The zero-order valence-electron chi connectivity index (χ0n) is 11.4. The van der Waals surface area contributed by atoms with Crippen LogP contribution in [-0.4, -0.2) is 25.3 Å². The van der Waals surface area contributed by atoms with E-state index >= 15 is 0 Å². The van der Waals surface area contributed by atoms with Crippen molar-refractivity contribution in [3.05, 3.63) is 29.3 Å². The summed E-state index contributed by atoms with van der Waals surface area (Å²) in [5.41, 5.74) is -0.660. The summed E-state index contributed by atoms with van der Waals surface area (Å²) in [7, 11) is 0. The van der Waals surface area contributed by atoms with Gasteiger partial charge in [-0.2, -0.15) is 18.4 Å². The van der Waals surface area contributed by atoms with Gasteiger partial charge in [0.25, 0.3) is 0 Å². The molecule has 0 aromatic heterocycles. The Hall–Kier alpha value is -1.74. The van der Waals surface area contributed by atoms with Crippen LogP contribution in [0.1, 0.15) is 30.4 Å². The molecular formula is C15H15F3N2O. The number of rotatable bonds is 1. The second-order valence-electron chi connectivity index (χ2n) is 5.44. The standard InChI is InChI=1S/C15H15F3N2O/c16-15(17,18)12-8-11(5-4-10(12)9-19)20-6-7-21-14-3-1-2-13(14)20/h4-5,8,13-14H,1-3,6-7H2. The number of nitrogens with zero attached hydrogens (tertiary/aromatic N) is 2. The van der Waals surface area contributed by atoms with Gasteiger partial charge in [0, 0.05) is 12.2 Å². The van der Waals surface area contributed by atoms with E-state index in [1.165, 1.54) is 6.07 Å². The van der Waals surface area contributed by atoms with Crippen molar-refractivity contribution in [1.29, 1.82) is 5.26 Å². The van der Waals surface area contributed by atoms with Gasteiger partial charge >= 0.3 is 6.18 Å². The van der Waals surface area contributed by atoms with E-state index in [4.69, 9.17) is 10.00 Å². The van der Waals surface area contributed by atoms with Gasteiger partial charge in [0.1, 0.15) is 0 Å². The molecule has 1 saturated heterocycles. The number of halogens is 3. The maximum absolute atomic E-state index is 13.1. The molecule has 2 unspecified atom stereocenters. The number of fused-ring (bicyclic) bond motifs is 1. The molecule has 2 aliphatic rings. The van der Waals surface area contributed by atoms with Gasteiger partial charge in [-0.3, -0.25) is 0 Å². The summed E-state index contributed by atoms with van der Waals surface area (Å²) >= 11 is 0. The van der Waals surface area contributed by atoms with E-state index in [0.29, 0.717) is 18.8 Å². The highest BCUT2D eigenvalue weighted by atomic mass is 19.4. The summed E-state index contributed by atoms with van der Waals surface area (Å²) < 4.78 is 44.8. The van der Waals surface area contributed by atoms with E-state index in [9.17, 15) is 13.2 Å². The van der Waals surface area contributed by atoms with Crippen LogP contribution in [0.4, 0.5) is 18.9 Å². The van der Waals surface area contributed by atoms with Crippen molar-refractivity contribution in [2.45, 2.75) is 37.6 Å². The van der Waals surface area contributed by atoms with Crippen LogP contribution in [0, 0.1) is 11.3 Å². The number of morpholine rings is 1. The van der Waals surface area contributed by atoms with Gasteiger partial charge < -0.3 is 9.64 Å². The average Bonchev–Trinajstić information content (AvgIpc) is 2.94. The molecule has 0 radical (unpaired) electrons. The molecule has 2 fully saturated rings. The Bertz CT molecular complexity index is 579. The Kier molecular flexibility index (Phi) is 3.54. The summed E-state index contributed by atoms with van der Waals surface area (Å²) in [6.07, 6.45) is -1.46. The first-order chi connectivity index (χ1) is 10.0. The molecular weight excluding hydrogens is 281 g/mol. The van der Waals surface area contributed by atoms with E-state index in [1.54, 1.807) is 12.1 Å². The molecule has 3 nitrogen and oxygen atoms in total. The Labute approximate surface area is 120 Å². The highest BCUT2D eigenvalue weighted by Crippen LogP contribution is 2.37. The van der Waals surface area contributed by atoms with Crippen molar-refractivity contribution in [2.24, 2.45) is 0 Å². The fraction of sp³-hybridized carbons (Fsp3) is 0.533. The number of hydrogen-bond donors (Lipinski definition) is 0. The summed E-state index contributed by atoms with van der Waals surface area (Å²) in [5, 5.41) is 8.85. The molecule has 0 N–H and O–H groups in total. The lowest BCUT2D eigenvalue weighted by Crippen LogP contribution is -2.48.